The molecule has 0 radical (unpaired) electrons. The fourth-order valence-electron chi connectivity index (χ4n) is 2.44. The molecule has 0 saturated carbocycles. The van der Waals surface area contributed by atoms with Gasteiger partial charge in [0.25, 0.3) is 0 Å². The highest BCUT2D eigenvalue weighted by Crippen LogP contribution is 2.32. The topological polar surface area (TPSA) is 112 Å². The van der Waals surface area contributed by atoms with E-state index in [9.17, 15) is 20.2 Å². The van der Waals surface area contributed by atoms with Crippen molar-refractivity contribution in [1.29, 1.82) is 0 Å². The van der Waals surface area contributed by atoms with Crippen molar-refractivity contribution in [2.24, 2.45) is 0 Å². The summed E-state index contributed by atoms with van der Waals surface area (Å²) < 4.78 is 0. The molecule has 8 heteroatoms. The summed E-state index contributed by atoms with van der Waals surface area (Å²) in [6.45, 7) is -0.807. The molecule has 0 amide bonds. The van der Waals surface area contributed by atoms with Gasteiger partial charge in [0.15, 0.2) is 0 Å². The number of nitro groups is 2. The molecule has 0 aliphatic carbocycles. The van der Waals surface area contributed by atoms with E-state index >= 15 is 0 Å². The van der Waals surface area contributed by atoms with Crippen molar-refractivity contribution in [2.75, 3.05) is 13.1 Å². The molecule has 0 fully saturated rings. The maximum absolute atomic E-state index is 11.0. The van der Waals surface area contributed by atoms with Gasteiger partial charge in [-0.1, -0.05) is 12.1 Å². The van der Waals surface area contributed by atoms with E-state index in [0.717, 1.165) is 0 Å². The van der Waals surface area contributed by atoms with E-state index < -0.39 is 34.8 Å². The highest BCUT2D eigenvalue weighted by atomic mass is 16.6. The summed E-state index contributed by atoms with van der Waals surface area (Å²) in [5.41, 5.74) is 1.21. The summed E-state index contributed by atoms with van der Waals surface area (Å²) in [5.74, 6) is -1.28. The van der Waals surface area contributed by atoms with Crippen LogP contribution in [0.3, 0.4) is 0 Å². The fraction of sp³-hybridized carbons (Fsp3) is 0.286. The van der Waals surface area contributed by atoms with Gasteiger partial charge < -0.3 is 0 Å². The third-order valence-electron chi connectivity index (χ3n) is 3.40. The first-order chi connectivity index (χ1) is 10.6. The minimum atomic E-state index is -0.640. The second kappa shape index (κ2) is 7.21. The van der Waals surface area contributed by atoms with Crippen LogP contribution in [0.5, 0.6) is 0 Å². The molecule has 0 bridgehead atoms. The molecule has 2 rings (SSSR count). The third-order valence-corrected chi connectivity index (χ3v) is 3.40. The zero-order valence-corrected chi connectivity index (χ0v) is 11.6. The van der Waals surface area contributed by atoms with Crippen LogP contribution in [-0.4, -0.2) is 32.9 Å². The SMILES string of the molecule is O=[N+]([O-])C[C@H](c1cccnc1)[C@H](C[N+](=O)[O-])c1cccnc1. The minimum Gasteiger partial charge on any atom is -0.265 e. The van der Waals surface area contributed by atoms with Crippen molar-refractivity contribution in [2.45, 2.75) is 11.8 Å². The van der Waals surface area contributed by atoms with E-state index in [1.54, 1.807) is 36.7 Å². The van der Waals surface area contributed by atoms with Crippen LogP contribution in [0.25, 0.3) is 0 Å². The Labute approximate surface area is 126 Å². The summed E-state index contributed by atoms with van der Waals surface area (Å²) in [4.78, 5) is 29.0. The lowest BCUT2D eigenvalue weighted by Gasteiger charge is -2.21. The second-order valence-corrected chi connectivity index (χ2v) is 4.82. The van der Waals surface area contributed by atoms with E-state index in [-0.39, 0.29) is 0 Å². The fourth-order valence-corrected chi connectivity index (χ4v) is 2.44. The summed E-state index contributed by atoms with van der Waals surface area (Å²) in [6, 6.07) is 6.72. The predicted molar refractivity (Wildman–Crippen MR) is 77.7 cm³/mol. The number of aromatic nitrogens is 2. The molecular weight excluding hydrogens is 288 g/mol. The van der Waals surface area contributed by atoms with Crippen molar-refractivity contribution in [3.05, 3.63) is 80.4 Å². The van der Waals surface area contributed by atoms with Crippen LogP contribution in [0, 0.1) is 20.2 Å². The molecule has 2 heterocycles. The number of nitrogens with zero attached hydrogens (tertiary/aromatic N) is 4. The van der Waals surface area contributed by atoms with Gasteiger partial charge in [-0.15, -0.1) is 0 Å². The molecule has 0 aliphatic rings. The van der Waals surface area contributed by atoms with E-state index in [1.807, 2.05) is 0 Å². The normalized spacial score (nSPS) is 13.3. The molecule has 22 heavy (non-hydrogen) atoms. The van der Waals surface area contributed by atoms with Crippen molar-refractivity contribution in [3.8, 4) is 0 Å². The minimum absolute atomic E-state index is 0.404. The molecule has 0 aliphatic heterocycles. The maximum Gasteiger partial charge on any atom is 0.211 e. The Morgan fingerprint density at radius 3 is 1.55 bits per heavy atom. The number of rotatable bonds is 7. The molecule has 0 spiro atoms. The highest BCUT2D eigenvalue weighted by Gasteiger charge is 2.33. The average Bonchev–Trinajstić information content (AvgIpc) is 2.52. The Morgan fingerprint density at radius 1 is 0.864 bits per heavy atom. The summed E-state index contributed by atoms with van der Waals surface area (Å²) in [5, 5.41) is 22.0. The van der Waals surface area contributed by atoms with Crippen LogP contribution >= 0.6 is 0 Å². The molecule has 2 atom stereocenters. The molecule has 2 aromatic heterocycles. The Bertz CT molecular complexity index is 578. The van der Waals surface area contributed by atoms with Crippen molar-refractivity contribution in [1.82, 2.24) is 9.97 Å². The van der Waals surface area contributed by atoms with E-state index in [2.05, 4.69) is 9.97 Å². The zero-order chi connectivity index (χ0) is 15.9. The summed E-state index contributed by atoms with van der Waals surface area (Å²) in [7, 11) is 0. The van der Waals surface area contributed by atoms with Gasteiger partial charge in [0.2, 0.25) is 13.1 Å². The number of pyridine rings is 2. The van der Waals surface area contributed by atoms with Crippen LogP contribution < -0.4 is 0 Å². The van der Waals surface area contributed by atoms with E-state index in [1.165, 1.54) is 12.4 Å². The van der Waals surface area contributed by atoms with E-state index in [4.69, 9.17) is 0 Å². The lowest BCUT2D eigenvalue weighted by molar-refractivity contribution is -0.498. The summed E-state index contributed by atoms with van der Waals surface area (Å²) >= 11 is 0. The Morgan fingerprint density at radius 2 is 1.27 bits per heavy atom. The Kier molecular flexibility index (Phi) is 5.07. The molecule has 114 valence electrons. The quantitative estimate of drug-likeness (QED) is 0.570. The molecule has 0 saturated heterocycles. The largest absolute Gasteiger partial charge is 0.265 e. The lowest BCUT2D eigenvalue weighted by atomic mass is 9.82. The zero-order valence-electron chi connectivity index (χ0n) is 11.6. The number of hydrogen-bond acceptors (Lipinski definition) is 6. The van der Waals surface area contributed by atoms with Gasteiger partial charge in [0, 0.05) is 34.6 Å². The molecule has 0 N–H and O–H groups in total. The van der Waals surface area contributed by atoms with Gasteiger partial charge in [-0.25, -0.2) is 0 Å². The van der Waals surface area contributed by atoms with Crippen LogP contribution in [0.1, 0.15) is 23.0 Å². The standard InChI is InChI=1S/C14H14N4O4/c19-17(20)9-13(11-3-1-5-15-7-11)14(10-18(21)22)12-4-2-6-16-8-12/h1-8,13-14H,9-10H2/t13-,14-/m1/s1. The first kappa shape index (κ1) is 15.5. The first-order valence-corrected chi connectivity index (χ1v) is 6.61. The average molecular weight is 302 g/mol. The van der Waals surface area contributed by atoms with E-state index in [0.29, 0.717) is 11.1 Å². The van der Waals surface area contributed by atoms with Crippen molar-refractivity contribution in [3.63, 3.8) is 0 Å². The van der Waals surface area contributed by atoms with Crippen molar-refractivity contribution >= 4 is 0 Å². The van der Waals surface area contributed by atoms with Gasteiger partial charge in [0.1, 0.15) is 0 Å². The number of hydrogen-bond donors (Lipinski definition) is 0. The van der Waals surface area contributed by atoms with Gasteiger partial charge >= 0.3 is 0 Å². The van der Waals surface area contributed by atoms with Crippen LogP contribution in [-0.2, 0) is 0 Å². The highest BCUT2D eigenvalue weighted by molar-refractivity contribution is 5.25. The van der Waals surface area contributed by atoms with Crippen LogP contribution in [0.4, 0.5) is 0 Å². The Hall–Kier alpha value is -2.90. The Balaban J connectivity index is 2.43. The van der Waals surface area contributed by atoms with Gasteiger partial charge in [0.05, 0.1) is 11.8 Å². The first-order valence-electron chi connectivity index (χ1n) is 6.61. The molecule has 2 aromatic rings. The molecule has 0 aromatic carbocycles. The maximum atomic E-state index is 11.0. The van der Waals surface area contributed by atoms with Crippen LogP contribution in [0.15, 0.2) is 49.1 Å². The van der Waals surface area contributed by atoms with Crippen LogP contribution in [0.2, 0.25) is 0 Å². The predicted octanol–water partition coefficient (Wildman–Crippen LogP) is 1.90. The second-order valence-electron chi connectivity index (χ2n) is 4.82. The third kappa shape index (κ3) is 4.05. The lowest BCUT2D eigenvalue weighted by Crippen LogP contribution is -2.25. The molecular formula is C14H14N4O4. The van der Waals surface area contributed by atoms with Gasteiger partial charge in [-0.2, -0.15) is 0 Å². The smallest absolute Gasteiger partial charge is 0.211 e. The van der Waals surface area contributed by atoms with Gasteiger partial charge in [-0.3, -0.25) is 30.2 Å². The van der Waals surface area contributed by atoms with Gasteiger partial charge in [-0.05, 0) is 23.3 Å². The monoisotopic (exact) mass is 302 g/mol. The molecule has 0 unspecified atom stereocenters. The van der Waals surface area contributed by atoms with Crippen molar-refractivity contribution < 1.29 is 9.85 Å². The molecule has 8 nitrogen and oxygen atoms in total. The summed E-state index contributed by atoms with van der Waals surface area (Å²) in [6.07, 6.45) is 6.13.